The third-order valence-electron chi connectivity index (χ3n) is 4.56. The zero-order valence-electron chi connectivity index (χ0n) is 18.1. The van der Waals surface area contributed by atoms with E-state index in [0.29, 0.717) is 28.2 Å². The van der Waals surface area contributed by atoms with E-state index in [-0.39, 0.29) is 16.4 Å². The number of benzene rings is 2. The lowest BCUT2D eigenvalue weighted by Crippen LogP contribution is -2.21. The molecule has 2 aromatic heterocycles. The number of hydrogen-bond acceptors (Lipinski definition) is 9. The van der Waals surface area contributed by atoms with Crippen molar-refractivity contribution in [2.75, 3.05) is 16.6 Å². The maximum absolute atomic E-state index is 12.6. The van der Waals surface area contributed by atoms with Gasteiger partial charge in [0.1, 0.15) is 5.52 Å². The summed E-state index contributed by atoms with van der Waals surface area (Å²) in [7, 11) is -3.92. The van der Waals surface area contributed by atoms with E-state index < -0.39 is 28.5 Å². The molecule has 2 heterocycles. The minimum atomic E-state index is -3.92. The van der Waals surface area contributed by atoms with Gasteiger partial charge in [0, 0.05) is 17.1 Å². The van der Waals surface area contributed by atoms with Crippen LogP contribution < -0.4 is 10.0 Å². The fourth-order valence-electron chi connectivity index (χ4n) is 3.06. The Labute approximate surface area is 194 Å². The molecule has 4 rings (SSSR count). The van der Waals surface area contributed by atoms with Crippen LogP contribution in [0, 0.1) is 13.8 Å². The van der Waals surface area contributed by atoms with Gasteiger partial charge in [0.05, 0.1) is 10.5 Å². The van der Waals surface area contributed by atoms with Crippen LogP contribution in [-0.4, -0.2) is 41.9 Å². The highest BCUT2D eigenvalue weighted by Crippen LogP contribution is 2.18. The van der Waals surface area contributed by atoms with Crippen LogP contribution in [0.4, 0.5) is 11.6 Å². The van der Waals surface area contributed by atoms with Crippen molar-refractivity contribution in [2.45, 2.75) is 18.7 Å². The van der Waals surface area contributed by atoms with Gasteiger partial charge in [-0.2, -0.15) is 0 Å². The summed E-state index contributed by atoms with van der Waals surface area (Å²) in [4.78, 5) is 36.4. The van der Waals surface area contributed by atoms with Crippen LogP contribution in [0.25, 0.3) is 11.1 Å². The molecule has 1 amide bonds. The molecule has 2 aromatic carbocycles. The Morgan fingerprint density at radius 3 is 2.41 bits per heavy atom. The first-order valence-electron chi connectivity index (χ1n) is 9.95. The number of nitrogens with zero attached hydrogens (tertiary/aromatic N) is 3. The van der Waals surface area contributed by atoms with Gasteiger partial charge in [0.25, 0.3) is 15.9 Å². The third-order valence-corrected chi connectivity index (χ3v) is 5.90. The third kappa shape index (κ3) is 5.35. The summed E-state index contributed by atoms with van der Waals surface area (Å²) in [5, 5.41) is 2.53. The molecule has 0 aliphatic carbocycles. The number of anilines is 2. The molecule has 0 spiro atoms. The average Bonchev–Trinajstić information content (AvgIpc) is 3.25. The normalized spacial score (nSPS) is 11.2. The molecule has 0 atom stereocenters. The monoisotopic (exact) mass is 481 g/mol. The summed E-state index contributed by atoms with van der Waals surface area (Å²) < 4.78 is 37.7. The molecular formula is C22H19N5O6S. The number of amides is 1. The van der Waals surface area contributed by atoms with E-state index in [0.717, 1.165) is 0 Å². The molecule has 0 bridgehead atoms. The molecule has 0 unspecified atom stereocenters. The molecule has 0 radical (unpaired) electrons. The van der Waals surface area contributed by atoms with E-state index in [1.807, 2.05) is 0 Å². The molecule has 34 heavy (non-hydrogen) atoms. The van der Waals surface area contributed by atoms with Crippen molar-refractivity contribution >= 4 is 44.6 Å². The average molecular weight is 481 g/mol. The molecule has 0 fully saturated rings. The van der Waals surface area contributed by atoms with E-state index in [4.69, 9.17) is 9.15 Å². The Morgan fingerprint density at radius 2 is 1.71 bits per heavy atom. The Balaban J connectivity index is 1.34. The predicted molar refractivity (Wildman–Crippen MR) is 122 cm³/mol. The molecule has 4 aromatic rings. The smallest absolute Gasteiger partial charge is 0.338 e. The van der Waals surface area contributed by atoms with Crippen LogP contribution in [0.3, 0.4) is 0 Å². The predicted octanol–water partition coefficient (Wildman–Crippen LogP) is 2.83. The highest BCUT2D eigenvalue weighted by atomic mass is 32.2. The highest BCUT2D eigenvalue weighted by Gasteiger charge is 2.17. The van der Waals surface area contributed by atoms with Crippen molar-refractivity contribution in [3.63, 3.8) is 0 Å². The van der Waals surface area contributed by atoms with Gasteiger partial charge in [-0.15, -0.1) is 0 Å². The summed E-state index contributed by atoms with van der Waals surface area (Å²) >= 11 is 0. The molecule has 0 saturated heterocycles. The van der Waals surface area contributed by atoms with Gasteiger partial charge >= 0.3 is 5.97 Å². The fraction of sp³-hybridized carbons (Fsp3) is 0.136. The van der Waals surface area contributed by atoms with Crippen molar-refractivity contribution in [1.82, 2.24) is 15.0 Å². The number of oxazole rings is 1. The Morgan fingerprint density at radius 1 is 1.00 bits per heavy atom. The van der Waals surface area contributed by atoms with E-state index >= 15 is 0 Å². The molecule has 0 aliphatic heterocycles. The van der Waals surface area contributed by atoms with E-state index in [1.54, 1.807) is 26.0 Å². The maximum atomic E-state index is 12.6. The van der Waals surface area contributed by atoms with Crippen LogP contribution in [0.15, 0.2) is 64.2 Å². The number of aryl methyl sites for hydroxylation is 2. The van der Waals surface area contributed by atoms with Crippen molar-refractivity contribution in [2.24, 2.45) is 0 Å². The fourth-order valence-corrected chi connectivity index (χ4v) is 4.01. The summed E-state index contributed by atoms with van der Waals surface area (Å²) in [5.41, 5.74) is 2.81. The zero-order chi connectivity index (χ0) is 24.3. The van der Waals surface area contributed by atoms with Crippen molar-refractivity contribution in [3.8, 4) is 0 Å². The van der Waals surface area contributed by atoms with Crippen LogP contribution in [0.2, 0.25) is 0 Å². The number of fused-ring (bicyclic) bond motifs is 1. The van der Waals surface area contributed by atoms with E-state index in [2.05, 4.69) is 25.0 Å². The van der Waals surface area contributed by atoms with Gasteiger partial charge in [-0.1, -0.05) is 0 Å². The first-order valence-corrected chi connectivity index (χ1v) is 11.4. The molecule has 174 valence electrons. The van der Waals surface area contributed by atoms with Gasteiger partial charge < -0.3 is 14.5 Å². The van der Waals surface area contributed by atoms with Crippen LogP contribution in [0.5, 0.6) is 0 Å². The van der Waals surface area contributed by atoms with Gasteiger partial charge in [0.2, 0.25) is 5.95 Å². The number of hydrogen-bond donors (Lipinski definition) is 2. The van der Waals surface area contributed by atoms with Crippen molar-refractivity contribution < 1.29 is 27.2 Å². The number of esters is 1. The lowest BCUT2D eigenvalue weighted by atomic mass is 10.2. The number of ether oxygens (including phenoxy) is 1. The Bertz CT molecular complexity index is 1460. The van der Waals surface area contributed by atoms with Gasteiger partial charge in [-0.25, -0.2) is 32.9 Å². The minimum Gasteiger partial charge on any atom is -0.452 e. The van der Waals surface area contributed by atoms with Gasteiger partial charge in [-0.05, 0) is 62.4 Å². The number of carbonyl (C=O) groups is 2. The van der Waals surface area contributed by atoms with E-state index in [9.17, 15) is 18.0 Å². The molecule has 0 saturated carbocycles. The summed E-state index contributed by atoms with van der Waals surface area (Å²) in [6.45, 7) is 2.94. The number of sulfonamides is 1. The van der Waals surface area contributed by atoms with Gasteiger partial charge in [-0.3, -0.25) is 4.79 Å². The zero-order valence-corrected chi connectivity index (χ0v) is 18.9. The number of rotatable bonds is 7. The quantitative estimate of drug-likeness (QED) is 0.379. The lowest BCUT2D eigenvalue weighted by molar-refractivity contribution is -0.119. The van der Waals surface area contributed by atoms with Crippen LogP contribution in [0.1, 0.15) is 21.7 Å². The Hall–Kier alpha value is -4.32. The first kappa shape index (κ1) is 22.9. The number of nitrogens with one attached hydrogen (secondary N) is 2. The second kappa shape index (κ2) is 9.27. The summed E-state index contributed by atoms with van der Waals surface area (Å²) in [6, 6.07) is 11.8. The second-order valence-corrected chi connectivity index (χ2v) is 8.95. The molecule has 12 heteroatoms. The van der Waals surface area contributed by atoms with E-state index in [1.165, 1.54) is 42.8 Å². The topological polar surface area (TPSA) is 153 Å². The SMILES string of the molecule is Cc1cc(C)nc(NS(=O)(=O)c2ccc(NC(=O)COC(=O)c3ccc4ncoc4c3)cc2)n1. The second-order valence-electron chi connectivity index (χ2n) is 7.26. The van der Waals surface area contributed by atoms with Crippen molar-refractivity contribution in [3.05, 3.63) is 71.9 Å². The molecule has 0 aliphatic rings. The molecule has 11 nitrogen and oxygen atoms in total. The largest absolute Gasteiger partial charge is 0.452 e. The minimum absolute atomic E-state index is 0.0286. The van der Waals surface area contributed by atoms with Crippen LogP contribution >= 0.6 is 0 Å². The van der Waals surface area contributed by atoms with Crippen molar-refractivity contribution in [1.29, 1.82) is 0 Å². The molecule has 2 N–H and O–H groups in total. The highest BCUT2D eigenvalue weighted by molar-refractivity contribution is 7.92. The Kier molecular flexibility index (Phi) is 6.23. The van der Waals surface area contributed by atoms with Gasteiger partial charge in [0.15, 0.2) is 18.6 Å². The number of carbonyl (C=O) groups excluding carboxylic acids is 2. The molecular weight excluding hydrogens is 462 g/mol. The number of aromatic nitrogens is 3. The summed E-state index contributed by atoms with van der Waals surface area (Å²) in [5.74, 6) is -1.32. The lowest BCUT2D eigenvalue weighted by Gasteiger charge is -2.10. The first-order chi connectivity index (χ1) is 16.2. The summed E-state index contributed by atoms with van der Waals surface area (Å²) in [6.07, 6.45) is 1.26. The maximum Gasteiger partial charge on any atom is 0.338 e. The van der Waals surface area contributed by atoms with Crippen LogP contribution in [-0.2, 0) is 19.6 Å². The standard InChI is InChI=1S/C22H19N5O6S/c1-13-9-14(2)25-22(24-13)27-34(30,31)17-6-4-16(5-7-17)26-20(28)11-32-21(29)15-3-8-18-19(10-15)33-12-23-18/h3-10,12H,11H2,1-2H3,(H,26,28)(H,24,25,27).